The highest BCUT2D eigenvalue weighted by Gasteiger charge is 2.26. The summed E-state index contributed by atoms with van der Waals surface area (Å²) >= 11 is 1.23. The quantitative estimate of drug-likeness (QED) is 0.541. The number of hydrogen-bond acceptors (Lipinski definition) is 8. The third-order valence-electron chi connectivity index (χ3n) is 3.76. The topological polar surface area (TPSA) is 116 Å². The Balaban J connectivity index is 1.58. The molecule has 0 aliphatic carbocycles. The number of nitrogens with one attached hydrogen (secondary N) is 1. The molecule has 30 heavy (non-hydrogen) atoms. The lowest BCUT2D eigenvalue weighted by Crippen LogP contribution is -2.21. The van der Waals surface area contributed by atoms with Crippen LogP contribution in [0.1, 0.15) is 15.4 Å². The number of aryl methyl sites for hydroxylation is 1. The van der Waals surface area contributed by atoms with E-state index in [1.54, 1.807) is 19.1 Å². The number of carbonyl (C=O) groups excluding carboxylic acids is 2. The van der Waals surface area contributed by atoms with E-state index in [0.29, 0.717) is 15.6 Å². The summed E-state index contributed by atoms with van der Waals surface area (Å²) in [5.74, 6) is -4.54. The van der Waals surface area contributed by atoms with Gasteiger partial charge in [0.25, 0.3) is 5.91 Å². The van der Waals surface area contributed by atoms with Gasteiger partial charge < -0.3 is 14.5 Å². The Morgan fingerprint density at radius 2 is 1.93 bits per heavy atom. The monoisotopic (exact) mass is 456 g/mol. The molecule has 12 heteroatoms. The molecule has 1 amide bonds. The van der Waals surface area contributed by atoms with Crippen molar-refractivity contribution < 1.29 is 35.9 Å². The first kappa shape index (κ1) is 21.6. The van der Waals surface area contributed by atoms with Crippen molar-refractivity contribution in [2.24, 2.45) is 0 Å². The molecule has 1 aromatic carbocycles. The van der Waals surface area contributed by atoms with Gasteiger partial charge in [-0.05, 0) is 43.3 Å². The van der Waals surface area contributed by atoms with Gasteiger partial charge in [0.05, 0.1) is 11.2 Å². The summed E-state index contributed by atoms with van der Waals surface area (Å²) in [4.78, 5) is 28.3. The highest BCUT2D eigenvalue weighted by molar-refractivity contribution is 7.91. The smallest absolute Gasteiger partial charge is 0.358 e. The molecule has 0 aliphatic heterocycles. The molecule has 8 nitrogen and oxygen atoms in total. The predicted molar refractivity (Wildman–Crippen MR) is 103 cm³/mol. The van der Waals surface area contributed by atoms with Gasteiger partial charge in [-0.2, -0.15) is 8.78 Å². The maximum absolute atomic E-state index is 12.5. The number of anilines is 1. The van der Waals surface area contributed by atoms with E-state index in [4.69, 9.17) is 9.15 Å². The summed E-state index contributed by atoms with van der Waals surface area (Å²) in [5.41, 5.74) is 0.204. The van der Waals surface area contributed by atoms with Gasteiger partial charge in [-0.25, -0.2) is 18.2 Å². The summed E-state index contributed by atoms with van der Waals surface area (Å²) in [6, 6.07) is 7.56. The third-order valence-corrected chi connectivity index (χ3v) is 6.14. The number of sulfone groups is 1. The highest BCUT2D eigenvalue weighted by atomic mass is 32.2. The zero-order valence-electron chi connectivity index (χ0n) is 15.3. The summed E-state index contributed by atoms with van der Waals surface area (Å²) < 4.78 is 58.0. The number of amides is 1. The van der Waals surface area contributed by atoms with Gasteiger partial charge in [-0.1, -0.05) is 0 Å². The Bertz CT molecular complexity index is 1160. The Morgan fingerprint density at radius 1 is 1.23 bits per heavy atom. The van der Waals surface area contributed by atoms with E-state index in [9.17, 15) is 26.8 Å². The van der Waals surface area contributed by atoms with Crippen molar-refractivity contribution in [3.63, 3.8) is 0 Å². The van der Waals surface area contributed by atoms with E-state index in [1.807, 2.05) is 0 Å². The molecule has 3 aromatic rings. The zero-order valence-corrected chi connectivity index (χ0v) is 16.9. The van der Waals surface area contributed by atoms with Crippen LogP contribution in [0.3, 0.4) is 0 Å². The van der Waals surface area contributed by atoms with Crippen LogP contribution in [-0.4, -0.2) is 37.6 Å². The van der Waals surface area contributed by atoms with E-state index >= 15 is 0 Å². The van der Waals surface area contributed by atoms with E-state index < -0.39 is 39.0 Å². The minimum absolute atomic E-state index is 0.0563. The second-order valence-electron chi connectivity index (χ2n) is 5.86. The fourth-order valence-electron chi connectivity index (χ4n) is 2.32. The molecule has 0 bridgehead atoms. The van der Waals surface area contributed by atoms with E-state index in [2.05, 4.69) is 10.3 Å². The average molecular weight is 456 g/mol. The van der Waals surface area contributed by atoms with Crippen LogP contribution < -0.4 is 5.32 Å². The number of thiazole rings is 1. The SMILES string of the molecule is Cc1sc(-c2ccco2)nc1C(=O)OCC(=O)Nc1ccc(S(=O)(=O)C(F)F)cc1. The molecule has 2 heterocycles. The number of ether oxygens (including phenoxy) is 1. The normalized spacial score (nSPS) is 11.5. The van der Waals surface area contributed by atoms with Crippen LogP contribution in [0.15, 0.2) is 52.0 Å². The Morgan fingerprint density at radius 3 is 2.53 bits per heavy atom. The van der Waals surface area contributed by atoms with Gasteiger partial charge in [-0.3, -0.25) is 4.79 Å². The number of carbonyl (C=O) groups is 2. The molecule has 3 rings (SSSR count). The van der Waals surface area contributed by atoms with Crippen molar-refractivity contribution in [2.75, 3.05) is 11.9 Å². The number of esters is 1. The Labute approximate surface area is 173 Å². The van der Waals surface area contributed by atoms with Crippen LogP contribution in [0.5, 0.6) is 0 Å². The molecule has 0 radical (unpaired) electrons. The molecule has 0 atom stereocenters. The van der Waals surface area contributed by atoms with E-state index in [1.165, 1.54) is 17.6 Å². The van der Waals surface area contributed by atoms with Crippen molar-refractivity contribution >= 4 is 38.7 Å². The number of furan rings is 1. The Hall–Kier alpha value is -3.12. The molecule has 0 spiro atoms. The zero-order chi connectivity index (χ0) is 21.9. The van der Waals surface area contributed by atoms with Crippen LogP contribution in [0.2, 0.25) is 0 Å². The first-order chi connectivity index (χ1) is 14.2. The largest absolute Gasteiger partial charge is 0.462 e. The van der Waals surface area contributed by atoms with Crippen LogP contribution in [0.4, 0.5) is 14.5 Å². The van der Waals surface area contributed by atoms with E-state index in [0.717, 1.165) is 24.3 Å². The van der Waals surface area contributed by atoms with Crippen LogP contribution in [0.25, 0.3) is 10.8 Å². The first-order valence-corrected chi connectivity index (χ1v) is 10.6. The second-order valence-corrected chi connectivity index (χ2v) is 8.98. The third kappa shape index (κ3) is 4.71. The second kappa shape index (κ2) is 8.71. The number of benzene rings is 1. The molecule has 0 aliphatic rings. The molecule has 0 saturated carbocycles. The van der Waals surface area contributed by atoms with Gasteiger partial charge >= 0.3 is 11.7 Å². The first-order valence-electron chi connectivity index (χ1n) is 8.29. The van der Waals surface area contributed by atoms with Crippen LogP contribution >= 0.6 is 11.3 Å². The van der Waals surface area contributed by atoms with Gasteiger partial charge in [0.1, 0.15) is 0 Å². The number of alkyl halides is 2. The van der Waals surface area contributed by atoms with E-state index in [-0.39, 0.29) is 11.4 Å². The molecule has 158 valence electrons. The summed E-state index contributed by atoms with van der Waals surface area (Å²) in [7, 11) is -4.72. The predicted octanol–water partition coefficient (Wildman–Crippen LogP) is 3.50. The number of aromatic nitrogens is 1. The molecule has 1 N–H and O–H groups in total. The maximum Gasteiger partial charge on any atom is 0.358 e. The molecule has 2 aromatic heterocycles. The van der Waals surface area contributed by atoms with Gasteiger partial charge in [0.2, 0.25) is 9.84 Å². The van der Waals surface area contributed by atoms with Crippen LogP contribution in [-0.2, 0) is 19.4 Å². The van der Waals surface area contributed by atoms with Gasteiger partial charge in [-0.15, -0.1) is 11.3 Å². The lowest BCUT2D eigenvalue weighted by molar-refractivity contribution is -0.119. The lowest BCUT2D eigenvalue weighted by Gasteiger charge is -2.07. The summed E-state index contributed by atoms with van der Waals surface area (Å²) in [5, 5.41) is 2.86. The molecule has 0 fully saturated rings. The van der Waals surface area contributed by atoms with Crippen molar-refractivity contribution in [2.45, 2.75) is 17.6 Å². The lowest BCUT2D eigenvalue weighted by atomic mass is 10.3. The van der Waals surface area contributed by atoms with Crippen LogP contribution in [0, 0.1) is 6.92 Å². The summed E-state index contributed by atoms with van der Waals surface area (Å²) in [6.45, 7) is 1.05. The fraction of sp³-hybridized carbons (Fsp3) is 0.167. The minimum Gasteiger partial charge on any atom is -0.462 e. The van der Waals surface area contributed by atoms with Crippen molar-refractivity contribution in [1.82, 2.24) is 4.98 Å². The maximum atomic E-state index is 12.5. The number of hydrogen-bond donors (Lipinski definition) is 1. The number of nitrogens with zero attached hydrogens (tertiary/aromatic N) is 1. The molecular formula is C18H14F2N2O6S2. The van der Waals surface area contributed by atoms with Gasteiger partial charge in [0.15, 0.2) is 23.1 Å². The van der Waals surface area contributed by atoms with Crippen molar-refractivity contribution in [1.29, 1.82) is 0 Å². The summed E-state index contributed by atoms with van der Waals surface area (Å²) in [6.07, 6.45) is 1.48. The van der Waals surface area contributed by atoms with Crippen molar-refractivity contribution in [3.05, 3.63) is 53.2 Å². The molecule has 0 unspecified atom stereocenters. The Kier molecular flexibility index (Phi) is 6.27. The number of rotatable bonds is 7. The van der Waals surface area contributed by atoms with Crippen molar-refractivity contribution in [3.8, 4) is 10.8 Å². The average Bonchev–Trinajstić information content (AvgIpc) is 3.36. The highest BCUT2D eigenvalue weighted by Crippen LogP contribution is 2.28. The molecular weight excluding hydrogens is 442 g/mol. The standard InChI is InChI=1S/C18H14F2N2O6S2/c1-10-15(22-16(29-10)13-3-2-8-27-13)17(24)28-9-14(23)21-11-4-6-12(7-5-11)30(25,26)18(19)20/h2-8,18H,9H2,1H3,(H,21,23). The van der Waals surface area contributed by atoms with Gasteiger partial charge in [0, 0.05) is 10.6 Å². The minimum atomic E-state index is -4.72. The molecule has 0 saturated heterocycles. The fourth-order valence-corrected chi connectivity index (χ4v) is 3.91. The number of halogens is 2.